The summed E-state index contributed by atoms with van der Waals surface area (Å²) >= 11 is 0. The molecule has 0 saturated heterocycles. The Bertz CT molecular complexity index is 0. The monoisotopic (exact) mass is 14700 g/mol. The van der Waals surface area contributed by atoms with Crippen molar-refractivity contribution in [1.82, 2.24) is 0 Å². The zero-order chi connectivity index (χ0) is 0. The molecule has 0 spiro atoms. The maximum Gasteiger partial charge on any atom is 0 e. The minimum Gasteiger partial charge on any atom is 0 e. The topological polar surface area (TPSA) is 0 Å². The van der Waals surface area contributed by atoms with Crippen LogP contribution < -0.4 is 0 Å². The summed E-state index contributed by atoms with van der Waals surface area (Å²) in [5.41, 5.74) is 0. The molecule has 318 valence electrons. The van der Waals surface area contributed by atoms with Crippen LogP contribution in [0.25, 0.3) is 0 Å². The van der Waals surface area contributed by atoms with Crippen molar-refractivity contribution in [3.05, 3.63) is 0 Å². The van der Waals surface area contributed by atoms with E-state index in [9.17, 15) is 0 Å². The zero-order valence-corrected chi connectivity index (χ0v) is 446. The summed E-state index contributed by atoms with van der Waals surface area (Å²) in [5, 5.41) is 0. The molecule has 0 atom stereocenters. The van der Waals surface area contributed by atoms with Gasteiger partial charge in [-0.2, -0.15) is 0 Å². The molecule has 0 unspecified atom stereocenters. The first kappa shape index (κ1) is 778. The molecule has 0 aromatic heterocycles. The van der Waals surface area contributed by atoms with E-state index in [4.69, 9.17) is 0 Å². The van der Waals surface area contributed by atoms with Gasteiger partial charge in [-0.05, 0) is 0 Å². The van der Waals surface area contributed by atoms with Crippen LogP contribution in [-0.2, 0) is 0 Å². The maximum absolute atomic E-state index is 0. The van der Waals surface area contributed by atoms with Crippen LogP contribution in [0.4, 0.5) is 0 Å². The second kappa shape index (κ2) is 768. The molecule has 0 aliphatic rings. The van der Waals surface area contributed by atoms with E-state index in [1.165, 1.54) is 0 Å². The predicted octanol–water partition coefficient (Wildman–Crippen LogP) is 0. The maximum atomic E-state index is 0. The van der Waals surface area contributed by atoms with Gasteiger partial charge in [-0.1, -0.05) is 0 Å². The molecular weight excluding hydrogens is 14700 g/mol. The smallest absolute Gasteiger partial charge is 0 e. The van der Waals surface area contributed by atoms with Crippen molar-refractivity contribution in [2.24, 2.45) is 0 Å². The van der Waals surface area contributed by atoms with Crippen LogP contribution in [0.1, 0.15) is 0 Å². The zero-order valence-electron chi connectivity index (χ0n) is 61.2. The van der Waals surface area contributed by atoms with Gasteiger partial charge in [0.1, 0.15) is 0 Å². The predicted molar refractivity (Wildman–Crippen MR) is 0 cm³/mol. The number of hydrogen-bond acceptors (Lipinski definition) is 0. The van der Waals surface area contributed by atoms with Crippen LogP contribution in [0, 0.1) is 3770 Å². The molecule has 106 radical (unpaired) electrons. The van der Waals surface area contributed by atoms with Gasteiger partial charge in [0.25, 0.3) is 0 Å². The van der Waals surface area contributed by atoms with E-state index in [-0.39, 0.29) is 3770 Å². The van der Waals surface area contributed by atoms with Crippen LogP contribution in [0.3, 0.4) is 0 Å². The Morgan fingerprint density at radius 3 is 0.00943 bits per heavy atom. The second-order valence-corrected chi connectivity index (χ2v) is 0. The van der Waals surface area contributed by atoms with E-state index in [1.54, 1.807) is 0 Å². The van der Waals surface area contributed by atoms with Gasteiger partial charge >= 0.3 is 0 Å². The van der Waals surface area contributed by atoms with E-state index in [1.807, 2.05) is 0 Å². The molecule has 0 nitrogen and oxygen atoms in total. The Morgan fingerprint density at radius 1 is 0.00943 bits per heavy atom. The minimum absolute atomic E-state index is 0. The largest absolute Gasteiger partial charge is 0 e. The molecule has 0 aromatic rings. The van der Waals surface area contributed by atoms with E-state index in [0.717, 1.165) is 0 Å². The molecule has 0 amide bonds. The van der Waals surface area contributed by atoms with Gasteiger partial charge in [-0.3, -0.25) is 0 Å². The average Bonchev–Trinajstić information content (AvgIpc) is 0. The fraction of sp³-hybridized carbons (Fsp3) is 0. The van der Waals surface area contributed by atoms with Crippen molar-refractivity contribution in [3.8, 4) is 0 Å². The second-order valence-electron chi connectivity index (χ2n) is 0. The van der Waals surface area contributed by atoms with Crippen LogP contribution in [0.15, 0.2) is 0 Å². The molecule has 0 fully saturated rings. The first-order valence-electron chi connectivity index (χ1n) is 0. The van der Waals surface area contributed by atoms with Crippen molar-refractivity contribution in [2.45, 2.75) is 0 Å². The van der Waals surface area contributed by atoms with Crippen LogP contribution in [0.2, 0.25) is 0 Å². The Balaban J connectivity index is 0. The SMILES string of the molecule is [La].[La].[La].[La].[La].[La].[La].[La].[La].[La].[La].[La].[La].[La].[La].[La].[La].[La].[La].[La].[La].[La].[La].[La].[La].[La].[La].[La].[La].[La].[La].[La].[La].[La].[La].[La].[La].[La].[La].[La].[La].[La].[La].[La].[La].[La].[La].[La].[La].[La].[La].[La].[La].[La].[La].[La].[La].[La].[La].[La].[La].[La].[La].[La].[La].[La].[La].[La].[La].[La].[La].[La].[La].[La].[La].[La].[La].[La].[La].[La].[La].[La].[La].[La].[La].[La].[La].[La].[La].[La].[La].[La].[La].[La].[La].[La].[La].[La].[La].[La].[La].[La].[La].[La].[La].[La]. The third-order valence-corrected chi connectivity index (χ3v) is 0. The average molecular weight is 14700 g/mol. The van der Waals surface area contributed by atoms with Gasteiger partial charge < -0.3 is 0 Å². The van der Waals surface area contributed by atoms with E-state index < -0.39 is 0 Å². The fourth-order valence-corrected chi connectivity index (χ4v) is 0. The molecule has 0 bridgehead atoms. The van der Waals surface area contributed by atoms with Gasteiger partial charge in [0.2, 0.25) is 0 Å². The van der Waals surface area contributed by atoms with E-state index in [0.29, 0.717) is 0 Å². The van der Waals surface area contributed by atoms with Crippen molar-refractivity contribution < 1.29 is 3770 Å². The Morgan fingerprint density at radius 2 is 0.00943 bits per heavy atom. The Labute approximate surface area is 3620 Å². The van der Waals surface area contributed by atoms with Gasteiger partial charge in [-0.15, -0.1) is 0 Å². The molecule has 0 N–H and O–H groups in total. The molecule has 0 aliphatic heterocycles. The molecule has 106 heavy (non-hydrogen) atoms. The van der Waals surface area contributed by atoms with Crippen LogP contribution in [-0.4, -0.2) is 0 Å². The molecule has 0 saturated carbocycles. The number of hydrogen-bond donors (Lipinski definition) is 0. The van der Waals surface area contributed by atoms with Crippen molar-refractivity contribution >= 4 is 0 Å². The van der Waals surface area contributed by atoms with E-state index >= 15 is 0 Å². The van der Waals surface area contributed by atoms with Gasteiger partial charge in [-0.25, -0.2) is 0 Å². The minimum atomic E-state index is 0. The molecule has 0 rings (SSSR count). The van der Waals surface area contributed by atoms with E-state index in [2.05, 4.69) is 0 Å². The standard InChI is InChI=1S/106La. The van der Waals surface area contributed by atoms with Crippen LogP contribution >= 0.6 is 0 Å². The third-order valence-electron chi connectivity index (χ3n) is 0. The quantitative estimate of drug-likeness (QED) is 0.321. The molecule has 0 heterocycles. The summed E-state index contributed by atoms with van der Waals surface area (Å²) in [6, 6.07) is 0. The summed E-state index contributed by atoms with van der Waals surface area (Å²) in [5.74, 6) is 0. The first-order valence-corrected chi connectivity index (χ1v) is 0. The van der Waals surface area contributed by atoms with Crippen LogP contribution in [0.5, 0.6) is 0 Å². The van der Waals surface area contributed by atoms with Crippen molar-refractivity contribution in [3.63, 3.8) is 0 Å². The Kier molecular flexibility index (Phi) is 5640. The number of rotatable bonds is 0. The third kappa shape index (κ3) is 758. The normalized spacial score (nSPS) is 0. The first-order chi connectivity index (χ1) is 0. The van der Waals surface area contributed by atoms with Gasteiger partial charge in [0, 0.05) is 3770 Å². The fourth-order valence-electron chi connectivity index (χ4n) is 0. The van der Waals surface area contributed by atoms with Crippen molar-refractivity contribution in [1.29, 1.82) is 0 Å². The Hall–Kier alpha value is 127. The summed E-state index contributed by atoms with van der Waals surface area (Å²) in [6.45, 7) is 0. The van der Waals surface area contributed by atoms with Gasteiger partial charge in [0.15, 0.2) is 0 Å². The summed E-state index contributed by atoms with van der Waals surface area (Å²) in [4.78, 5) is 0. The van der Waals surface area contributed by atoms with Crippen molar-refractivity contribution in [2.75, 3.05) is 0 Å². The van der Waals surface area contributed by atoms with Gasteiger partial charge in [0.05, 0.1) is 0 Å². The summed E-state index contributed by atoms with van der Waals surface area (Å²) < 4.78 is 0. The summed E-state index contributed by atoms with van der Waals surface area (Å²) in [6.07, 6.45) is 0. The molecular formula is La106. The molecule has 106 heteroatoms. The molecule has 0 aromatic carbocycles. The molecule has 0 aliphatic carbocycles. The summed E-state index contributed by atoms with van der Waals surface area (Å²) in [7, 11) is 0.